The molecule has 1 spiro atoms. The second-order valence-corrected chi connectivity index (χ2v) is 9.82. The highest BCUT2D eigenvalue weighted by atomic mass is 16.6. The van der Waals surface area contributed by atoms with Gasteiger partial charge < -0.3 is 14.2 Å². The van der Waals surface area contributed by atoms with E-state index in [4.69, 9.17) is 4.74 Å². The van der Waals surface area contributed by atoms with Crippen LogP contribution in [0, 0.1) is 18.3 Å². The Hall–Kier alpha value is -2.04. The summed E-state index contributed by atoms with van der Waals surface area (Å²) in [5.74, 6) is 0.513. The Labute approximate surface area is 161 Å². The van der Waals surface area contributed by atoms with Gasteiger partial charge in [-0.1, -0.05) is 26.8 Å². The van der Waals surface area contributed by atoms with Crippen molar-refractivity contribution in [3.05, 3.63) is 30.1 Å². The van der Waals surface area contributed by atoms with E-state index in [-0.39, 0.29) is 17.1 Å². The molecule has 2 aliphatic rings. The minimum Gasteiger partial charge on any atom is -0.441 e. The van der Waals surface area contributed by atoms with E-state index in [0.717, 1.165) is 44.4 Å². The highest BCUT2D eigenvalue weighted by Gasteiger charge is 2.48. The second-order valence-electron chi connectivity index (χ2n) is 9.82. The van der Waals surface area contributed by atoms with E-state index in [2.05, 4.69) is 55.4 Å². The number of nitrogens with zero attached hydrogens (tertiary/aromatic N) is 3. The summed E-state index contributed by atoms with van der Waals surface area (Å²) in [6, 6.07) is 6.41. The van der Waals surface area contributed by atoms with Gasteiger partial charge in [-0.2, -0.15) is 0 Å². The monoisotopic (exact) mass is 369 g/mol. The maximum atomic E-state index is 12.4. The Balaban J connectivity index is 1.48. The summed E-state index contributed by atoms with van der Waals surface area (Å²) in [6.45, 7) is 11.1. The number of hydrogen-bond acceptors (Lipinski definition) is 3. The van der Waals surface area contributed by atoms with Crippen LogP contribution in [0.25, 0.3) is 11.0 Å². The molecule has 2 fully saturated rings. The summed E-state index contributed by atoms with van der Waals surface area (Å²) < 4.78 is 8.24. The van der Waals surface area contributed by atoms with Gasteiger partial charge in [-0.25, -0.2) is 9.78 Å². The number of carbonyl (C=O) groups excluding carboxylic acids is 1. The van der Waals surface area contributed by atoms with Gasteiger partial charge in [-0.3, -0.25) is 0 Å². The van der Waals surface area contributed by atoms with Crippen LogP contribution in [-0.2, 0) is 11.3 Å². The molecule has 2 heterocycles. The lowest BCUT2D eigenvalue weighted by Gasteiger charge is -2.36. The largest absolute Gasteiger partial charge is 0.441 e. The first kappa shape index (κ1) is 18.3. The van der Waals surface area contributed by atoms with Crippen molar-refractivity contribution in [2.45, 2.75) is 65.5 Å². The first-order chi connectivity index (χ1) is 12.7. The molecule has 146 valence electrons. The van der Waals surface area contributed by atoms with Crippen molar-refractivity contribution >= 4 is 17.1 Å². The van der Waals surface area contributed by atoms with Crippen molar-refractivity contribution in [1.29, 1.82) is 0 Å². The normalized spacial score (nSPS) is 26.1. The molecular formula is C22H31N3O2. The third kappa shape index (κ3) is 3.83. The molecule has 0 radical (unpaired) electrons. The Morgan fingerprint density at radius 3 is 2.93 bits per heavy atom. The SMILES string of the molecule is Cc1ccc2ncn(C[C@H]3CCC[C@]4(C3)CN(CC(C)(C)C)C(=O)O4)c2c1. The molecule has 0 N–H and O–H groups in total. The highest BCUT2D eigenvalue weighted by Crippen LogP contribution is 2.41. The molecule has 1 saturated heterocycles. The standard InChI is InChI=1S/C22H31N3O2/c1-16-7-8-18-19(10-16)24(15-23-18)12-17-6-5-9-22(11-17)14-25(20(26)27-22)13-21(2,3)4/h7-8,10,15,17H,5-6,9,11-14H2,1-4H3/t17-,22-/m0/s1. The fourth-order valence-corrected chi connectivity index (χ4v) is 4.81. The molecule has 1 aromatic heterocycles. The number of hydrogen-bond donors (Lipinski definition) is 0. The lowest BCUT2D eigenvalue weighted by Crippen LogP contribution is -2.41. The zero-order valence-electron chi connectivity index (χ0n) is 17.0. The maximum Gasteiger partial charge on any atom is 0.410 e. The molecule has 5 nitrogen and oxygen atoms in total. The summed E-state index contributed by atoms with van der Waals surface area (Å²) in [5, 5.41) is 0. The van der Waals surface area contributed by atoms with Crippen LogP contribution >= 0.6 is 0 Å². The summed E-state index contributed by atoms with van der Waals surface area (Å²) in [7, 11) is 0. The molecule has 1 aromatic carbocycles. The number of carbonyl (C=O) groups is 1. The van der Waals surface area contributed by atoms with Crippen molar-refractivity contribution in [3.8, 4) is 0 Å². The van der Waals surface area contributed by atoms with Crippen LogP contribution in [0.5, 0.6) is 0 Å². The zero-order chi connectivity index (χ0) is 19.2. The summed E-state index contributed by atoms with van der Waals surface area (Å²) in [6.07, 6.45) is 6.06. The average molecular weight is 370 g/mol. The van der Waals surface area contributed by atoms with E-state index < -0.39 is 0 Å². The Morgan fingerprint density at radius 2 is 2.15 bits per heavy atom. The molecule has 1 aliphatic heterocycles. The van der Waals surface area contributed by atoms with Crippen LogP contribution in [0.1, 0.15) is 52.0 Å². The number of fused-ring (bicyclic) bond motifs is 1. The average Bonchev–Trinajstić information content (AvgIpc) is 3.07. The first-order valence-electron chi connectivity index (χ1n) is 10.1. The summed E-state index contributed by atoms with van der Waals surface area (Å²) >= 11 is 0. The Morgan fingerprint density at radius 1 is 1.33 bits per heavy atom. The molecular weight excluding hydrogens is 338 g/mol. The Kier molecular flexibility index (Phi) is 4.44. The van der Waals surface area contributed by atoms with Gasteiger partial charge in [-0.05, 0) is 61.6 Å². The second kappa shape index (κ2) is 6.54. The molecule has 1 aliphatic carbocycles. The van der Waals surface area contributed by atoms with Crippen molar-refractivity contribution in [3.63, 3.8) is 0 Å². The van der Waals surface area contributed by atoms with Gasteiger partial charge in [-0.15, -0.1) is 0 Å². The van der Waals surface area contributed by atoms with E-state index in [1.54, 1.807) is 0 Å². The van der Waals surface area contributed by atoms with Crippen molar-refractivity contribution in [2.75, 3.05) is 13.1 Å². The van der Waals surface area contributed by atoms with Crippen LogP contribution in [0.4, 0.5) is 4.79 Å². The molecule has 2 atom stereocenters. The van der Waals surface area contributed by atoms with Gasteiger partial charge in [0.2, 0.25) is 0 Å². The van der Waals surface area contributed by atoms with Crippen molar-refractivity contribution in [1.82, 2.24) is 14.5 Å². The van der Waals surface area contributed by atoms with Crippen LogP contribution < -0.4 is 0 Å². The number of imidazole rings is 1. The smallest absolute Gasteiger partial charge is 0.410 e. The third-order valence-corrected chi connectivity index (χ3v) is 5.84. The lowest BCUT2D eigenvalue weighted by molar-refractivity contribution is 0.00413. The van der Waals surface area contributed by atoms with Gasteiger partial charge in [0, 0.05) is 13.1 Å². The first-order valence-corrected chi connectivity index (χ1v) is 10.1. The summed E-state index contributed by atoms with van der Waals surface area (Å²) in [4.78, 5) is 18.9. The fraction of sp³-hybridized carbons (Fsp3) is 0.636. The quantitative estimate of drug-likeness (QED) is 0.783. The molecule has 1 amide bonds. The fourth-order valence-electron chi connectivity index (χ4n) is 4.81. The van der Waals surface area contributed by atoms with E-state index in [9.17, 15) is 4.79 Å². The summed E-state index contributed by atoms with van der Waals surface area (Å²) in [5.41, 5.74) is 3.30. The zero-order valence-corrected chi connectivity index (χ0v) is 17.0. The van der Waals surface area contributed by atoms with Crippen LogP contribution in [0.3, 0.4) is 0 Å². The topological polar surface area (TPSA) is 47.4 Å². The maximum absolute atomic E-state index is 12.4. The van der Waals surface area contributed by atoms with Crippen LogP contribution in [-0.4, -0.2) is 39.2 Å². The van der Waals surface area contributed by atoms with Gasteiger partial charge in [0.05, 0.1) is 23.9 Å². The number of rotatable bonds is 3. The van der Waals surface area contributed by atoms with Crippen LogP contribution in [0.2, 0.25) is 0 Å². The van der Waals surface area contributed by atoms with Gasteiger partial charge in [0.1, 0.15) is 5.60 Å². The molecule has 1 saturated carbocycles. The predicted octanol–water partition coefficient (Wildman–Crippen LogP) is 4.77. The van der Waals surface area contributed by atoms with Crippen molar-refractivity contribution < 1.29 is 9.53 Å². The molecule has 4 rings (SSSR count). The van der Waals surface area contributed by atoms with E-state index in [1.807, 2.05) is 11.2 Å². The molecule has 0 unspecified atom stereocenters. The lowest BCUT2D eigenvalue weighted by atomic mass is 9.77. The van der Waals surface area contributed by atoms with Gasteiger partial charge in [0.15, 0.2) is 0 Å². The van der Waals surface area contributed by atoms with Gasteiger partial charge >= 0.3 is 6.09 Å². The van der Waals surface area contributed by atoms with Crippen molar-refractivity contribution in [2.24, 2.45) is 11.3 Å². The number of ether oxygens (including phenoxy) is 1. The number of benzene rings is 1. The van der Waals surface area contributed by atoms with Gasteiger partial charge in [0.25, 0.3) is 0 Å². The molecule has 5 heteroatoms. The van der Waals surface area contributed by atoms with Crippen LogP contribution in [0.15, 0.2) is 24.5 Å². The predicted molar refractivity (Wildman–Crippen MR) is 107 cm³/mol. The molecule has 0 bridgehead atoms. The molecule has 27 heavy (non-hydrogen) atoms. The third-order valence-electron chi connectivity index (χ3n) is 5.84. The number of amides is 1. The number of aryl methyl sites for hydroxylation is 1. The van der Waals surface area contributed by atoms with E-state index in [1.165, 1.54) is 17.5 Å². The Bertz CT molecular complexity index is 851. The van der Waals surface area contributed by atoms with E-state index >= 15 is 0 Å². The molecule has 2 aromatic rings. The van der Waals surface area contributed by atoms with E-state index in [0.29, 0.717) is 5.92 Å². The minimum atomic E-state index is -0.294. The highest BCUT2D eigenvalue weighted by molar-refractivity contribution is 5.76. The number of aromatic nitrogens is 2. The minimum absolute atomic E-state index is 0.0895.